The minimum Gasteiger partial charge on any atom is -0.321 e. The number of carbonyl (C=O) groups is 1. The largest absolute Gasteiger partial charge is 0.321 e. The fourth-order valence-electron chi connectivity index (χ4n) is 1.54. The number of nitrogens with zero attached hydrogens (tertiary/aromatic N) is 2. The molecule has 0 unspecified atom stereocenters. The summed E-state index contributed by atoms with van der Waals surface area (Å²) < 4.78 is 15.0. The topological polar surface area (TPSA) is 85.0 Å². The summed E-state index contributed by atoms with van der Waals surface area (Å²) in [5.74, 6) is 4.15. The van der Waals surface area contributed by atoms with Crippen LogP contribution in [0.15, 0.2) is 30.6 Å². The number of nitrogen functional groups attached to an aromatic ring is 1. The quantitative estimate of drug-likeness (QED) is 0.561. The second kappa shape index (κ2) is 4.84. The average Bonchev–Trinajstić information content (AvgIpc) is 2.74. The zero-order valence-corrected chi connectivity index (χ0v) is 9.64. The van der Waals surface area contributed by atoms with E-state index in [-0.39, 0.29) is 11.3 Å². The van der Waals surface area contributed by atoms with Crippen LogP contribution in [-0.4, -0.2) is 15.7 Å². The number of benzene rings is 1. The Labute approximate surface area is 103 Å². The monoisotopic (exact) mass is 249 g/mol. The van der Waals surface area contributed by atoms with E-state index in [1.165, 1.54) is 24.4 Å². The molecule has 18 heavy (non-hydrogen) atoms. The van der Waals surface area contributed by atoms with Gasteiger partial charge in [0.1, 0.15) is 5.82 Å². The minimum absolute atomic E-state index is 0.0427. The van der Waals surface area contributed by atoms with E-state index in [0.29, 0.717) is 5.69 Å². The van der Waals surface area contributed by atoms with Gasteiger partial charge in [-0.05, 0) is 12.1 Å². The number of carbonyl (C=O) groups excluding carboxylic acids is 1. The highest BCUT2D eigenvalue weighted by Crippen LogP contribution is 2.19. The van der Waals surface area contributed by atoms with Gasteiger partial charge in [0.2, 0.25) is 0 Å². The predicted molar refractivity (Wildman–Crippen MR) is 65.4 cm³/mol. The first-order chi connectivity index (χ1) is 8.61. The van der Waals surface area contributed by atoms with Gasteiger partial charge in [-0.3, -0.25) is 15.3 Å². The molecule has 0 aliphatic carbocycles. The lowest BCUT2D eigenvalue weighted by Gasteiger charge is -2.09. The molecule has 94 valence electrons. The van der Waals surface area contributed by atoms with Crippen molar-refractivity contribution in [2.24, 2.45) is 12.9 Å². The Morgan fingerprint density at radius 3 is 2.89 bits per heavy atom. The van der Waals surface area contributed by atoms with Crippen molar-refractivity contribution in [3.63, 3.8) is 0 Å². The highest BCUT2D eigenvalue weighted by molar-refractivity contribution is 6.07. The fourth-order valence-corrected chi connectivity index (χ4v) is 1.54. The van der Waals surface area contributed by atoms with Crippen LogP contribution in [-0.2, 0) is 7.05 Å². The molecule has 0 saturated heterocycles. The maximum Gasteiger partial charge on any atom is 0.258 e. The van der Waals surface area contributed by atoms with Gasteiger partial charge in [0.05, 0.1) is 23.1 Å². The Bertz CT molecular complexity index is 581. The van der Waals surface area contributed by atoms with Crippen LogP contribution in [0.2, 0.25) is 0 Å². The van der Waals surface area contributed by atoms with Crippen LogP contribution in [0.4, 0.5) is 15.8 Å². The molecule has 0 radical (unpaired) electrons. The maximum absolute atomic E-state index is 13.4. The SMILES string of the molecule is Cn1cc(NC(=O)c2cccc(F)c2NN)cn1. The van der Waals surface area contributed by atoms with Crippen molar-refractivity contribution in [2.75, 3.05) is 10.7 Å². The molecule has 7 heteroatoms. The van der Waals surface area contributed by atoms with Gasteiger partial charge in [-0.25, -0.2) is 4.39 Å². The first kappa shape index (κ1) is 12.1. The van der Waals surface area contributed by atoms with Gasteiger partial charge in [-0.1, -0.05) is 6.07 Å². The molecule has 2 aromatic rings. The third-order valence-electron chi connectivity index (χ3n) is 2.37. The molecule has 6 nitrogen and oxygen atoms in total. The van der Waals surface area contributed by atoms with E-state index in [1.807, 2.05) is 0 Å². The highest BCUT2D eigenvalue weighted by atomic mass is 19.1. The molecule has 0 fully saturated rings. The molecule has 4 N–H and O–H groups in total. The van der Waals surface area contributed by atoms with Crippen LogP contribution in [0, 0.1) is 5.82 Å². The first-order valence-electron chi connectivity index (χ1n) is 5.17. The van der Waals surface area contributed by atoms with E-state index in [0.717, 1.165) is 0 Å². The van der Waals surface area contributed by atoms with E-state index >= 15 is 0 Å². The van der Waals surface area contributed by atoms with E-state index < -0.39 is 11.7 Å². The summed E-state index contributed by atoms with van der Waals surface area (Å²) in [5.41, 5.74) is 2.79. The Morgan fingerprint density at radius 1 is 1.50 bits per heavy atom. The average molecular weight is 249 g/mol. The number of halogens is 1. The molecule has 0 bridgehead atoms. The Morgan fingerprint density at radius 2 is 2.28 bits per heavy atom. The van der Waals surface area contributed by atoms with Crippen LogP contribution >= 0.6 is 0 Å². The van der Waals surface area contributed by atoms with Gasteiger partial charge >= 0.3 is 0 Å². The summed E-state index contributed by atoms with van der Waals surface area (Å²) in [6, 6.07) is 4.13. The summed E-state index contributed by atoms with van der Waals surface area (Å²) in [4.78, 5) is 11.9. The number of hydrazine groups is 1. The van der Waals surface area contributed by atoms with Gasteiger partial charge in [0.25, 0.3) is 5.91 Å². The van der Waals surface area contributed by atoms with Gasteiger partial charge in [-0.15, -0.1) is 0 Å². The second-order valence-corrected chi connectivity index (χ2v) is 3.66. The third kappa shape index (κ3) is 2.30. The van der Waals surface area contributed by atoms with Gasteiger partial charge in [0, 0.05) is 13.2 Å². The molecule has 2 rings (SSSR count). The van der Waals surface area contributed by atoms with E-state index in [2.05, 4.69) is 15.8 Å². The summed E-state index contributed by atoms with van der Waals surface area (Å²) >= 11 is 0. The predicted octanol–water partition coefficient (Wildman–Crippen LogP) is 1.10. The first-order valence-corrected chi connectivity index (χ1v) is 5.17. The highest BCUT2D eigenvalue weighted by Gasteiger charge is 2.14. The van der Waals surface area contributed by atoms with Crippen LogP contribution in [0.25, 0.3) is 0 Å². The molecule has 0 spiro atoms. The van der Waals surface area contributed by atoms with Gasteiger partial charge in [0.15, 0.2) is 0 Å². The maximum atomic E-state index is 13.4. The van der Waals surface area contributed by atoms with Crippen LogP contribution < -0.4 is 16.6 Å². The number of aryl methyl sites for hydroxylation is 1. The smallest absolute Gasteiger partial charge is 0.258 e. The van der Waals surface area contributed by atoms with Gasteiger partial charge < -0.3 is 10.7 Å². The molecular formula is C11H12FN5O. The van der Waals surface area contributed by atoms with Crippen molar-refractivity contribution in [3.8, 4) is 0 Å². The van der Waals surface area contributed by atoms with Crippen molar-refractivity contribution in [3.05, 3.63) is 42.0 Å². The summed E-state index contributed by atoms with van der Waals surface area (Å²) in [7, 11) is 1.73. The standard InChI is InChI=1S/C11H12FN5O/c1-17-6-7(5-14-17)15-11(18)8-3-2-4-9(12)10(8)16-13/h2-6,16H,13H2,1H3,(H,15,18). The van der Waals surface area contributed by atoms with E-state index in [1.54, 1.807) is 17.9 Å². The lowest BCUT2D eigenvalue weighted by atomic mass is 10.1. The van der Waals surface area contributed by atoms with Crippen LogP contribution in [0.1, 0.15) is 10.4 Å². The number of amides is 1. The Kier molecular flexibility index (Phi) is 3.24. The number of hydrogen-bond acceptors (Lipinski definition) is 4. The number of nitrogens with one attached hydrogen (secondary N) is 2. The molecule has 1 heterocycles. The normalized spacial score (nSPS) is 10.2. The zero-order chi connectivity index (χ0) is 13.1. The number of aromatic nitrogens is 2. The van der Waals surface area contributed by atoms with Crippen molar-refractivity contribution in [2.45, 2.75) is 0 Å². The van der Waals surface area contributed by atoms with E-state index in [4.69, 9.17) is 5.84 Å². The van der Waals surface area contributed by atoms with E-state index in [9.17, 15) is 9.18 Å². The molecule has 0 aliphatic rings. The lowest BCUT2D eigenvalue weighted by molar-refractivity contribution is 0.102. The van der Waals surface area contributed by atoms with Crippen LogP contribution in [0.3, 0.4) is 0 Å². The number of rotatable bonds is 3. The molecule has 0 saturated carbocycles. The molecule has 1 amide bonds. The number of hydrogen-bond donors (Lipinski definition) is 3. The van der Waals surface area contributed by atoms with Gasteiger partial charge in [-0.2, -0.15) is 5.10 Å². The lowest BCUT2D eigenvalue weighted by Crippen LogP contribution is -2.18. The summed E-state index contributed by atoms with van der Waals surface area (Å²) in [6.45, 7) is 0. The summed E-state index contributed by atoms with van der Waals surface area (Å²) in [6.07, 6.45) is 3.12. The number of nitrogens with two attached hydrogens (primary N) is 1. The second-order valence-electron chi connectivity index (χ2n) is 3.66. The summed E-state index contributed by atoms with van der Waals surface area (Å²) in [5, 5.41) is 6.51. The molecule has 1 aromatic heterocycles. The molecular weight excluding hydrogens is 237 g/mol. The van der Waals surface area contributed by atoms with Crippen molar-refractivity contribution in [1.82, 2.24) is 9.78 Å². The minimum atomic E-state index is -0.587. The van der Waals surface area contributed by atoms with Crippen molar-refractivity contribution >= 4 is 17.3 Å². The van der Waals surface area contributed by atoms with Crippen LogP contribution in [0.5, 0.6) is 0 Å². The fraction of sp³-hybridized carbons (Fsp3) is 0.0909. The van der Waals surface area contributed by atoms with Crippen molar-refractivity contribution in [1.29, 1.82) is 0 Å². The molecule has 0 aliphatic heterocycles. The molecule has 1 aromatic carbocycles. The third-order valence-corrected chi connectivity index (χ3v) is 2.37. The zero-order valence-electron chi connectivity index (χ0n) is 9.64. The van der Waals surface area contributed by atoms with Crippen molar-refractivity contribution < 1.29 is 9.18 Å². The Balaban J connectivity index is 2.26. The Hall–Kier alpha value is -2.41. The molecule has 0 atom stereocenters. The number of para-hydroxylation sites is 1. The number of anilines is 2.